The lowest BCUT2D eigenvalue weighted by Crippen LogP contribution is -2.41. The minimum Gasteiger partial charge on any atom is -0.352 e. The van der Waals surface area contributed by atoms with Gasteiger partial charge in [0.1, 0.15) is 5.82 Å². The van der Waals surface area contributed by atoms with Crippen LogP contribution in [0.15, 0.2) is 24.3 Å². The lowest BCUT2D eigenvalue weighted by molar-refractivity contribution is -0.132. The molecule has 0 aliphatic carbocycles. The molecule has 5 nitrogen and oxygen atoms in total. The van der Waals surface area contributed by atoms with Crippen molar-refractivity contribution in [2.24, 2.45) is 0 Å². The van der Waals surface area contributed by atoms with Crippen LogP contribution in [0.25, 0.3) is 0 Å². The highest BCUT2D eigenvalue weighted by molar-refractivity contribution is 5.94. The lowest BCUT2D eigenvalue weighted by atomic mass is 10.2. The molecule has 0 radical (unpaired) electrons. The molecule has 1 aromatic carbocycles. The van der Waals surface area contributed by atoms with Crippen LogP contribution in [0.4, 0.5) is 4.39 Å². The summed E-state index contributed by atoms with van der Waals surface area (Å²) in [7, 11) is 1.89. The first-order chi connectivity index (χ1) is 11.1. The minimum absolute atomic E-state index is 0. The van der Waals surface area contributed by atoms with Crippen molar-refractivity contribution in [3.8, 4) is 0 Å². The summed E-state index contributed by atoms with van der Waals surface area (Å²) in [6, 6.07) is 5.70. The smallest absolute Gasteiger partial charge is 0.251 e. The molecule has 134 valence electrons. The number of carbonyl (C=O) groups is 2. The average molecular weight is 358 g/mol. The second kappa shape index (κ2) is 10.3. The predicted molar refractivity (Wildman–Crippen MR) is 93.9 cm³/mol. The van der Waals surface area contributed by atoms with Gasteiger partial charge in [0.25, 0.3) is 5.91 Å². The van der Waals surface area contributed by atoms with E-state index in [1.165, 1.54) is 24.3 Å². The first kappa shape index (κ1) is 20.4. The normalized spacial score (nSPS) is 16.6. The Morgan fingerprint density at radius 1 is 1.29 bits per heavy atom. The maximum absolute atomic E-state index is 12.8. The first-order valence-electron chi connectivity index (χ1n) is 8.09. The van der Waals surface area contributed by atoms with E-state index in [0.717, 1.165) is 25.9 Å². The molecule has 0 spiro atoms. The van der Waals surface area contributed by atoms with Gasteiger partial charge in [0.05, 0.1) is 0 Å². The number of nitrogens with one attached hydrogen (secondary N) is 2. The monoisotopic (exact) mass is 357 g/mol. The van der Waals surface area contributed by atoms with Gasteiger partial charge in [-0.2, -0.15) is 0 Å². The van der Waals surface area contributed by atoms with E-state index in [0.29, 0.717) is 31.0 Å². The van der Waals surface area contributed by atoms with E-state index >= 15 is 0 Å². The SMILES string of the molecule is CNCC1CCCN1C(=O)CCCNC(=O)c1ccc(F)cc1.Cl. The van der Waals surface area contributed by atoms with Crippen LogP contribution in [0.2, 0.25) is 0 Å². The third kappa shape index (κ3) is 5.76. The fourth-order valence-corrected chi connectivity index (χ4v) is 2.90. The van der Waals surface area contributed by atoms with E-state index in [1.807, 2.05) is 11.9 Å². The van der Waals surface area contributed by atoms with Crippen molar-refractivity contribution in [2.45, 2.75) is 31.7 Å². The van der Waals surface area contributed by atoms with Crippen LogP contribution in [-0.2, 0) is 4.79 Å². The van der Waals surface area contributed by atoms with Gasteiger partial charge in [-0.3, -0.25) is 9.59 Å². The van der Waals surface area contributed by atoms with Gasteiger partial charge < -0.3 is 15.5 Å². The first-order valence-corrected chi connectivity index (χ1v) is 8.09. The van der Waals surface area contributed by atoms with Crippen LogP contribution in [0.3, 0.4) is 0 Å². The highest BCUT2D eigenvalue weighted by Crippen LogP contribution is 2.17. The Hall–Kier alpha value is -1.66. The van der Waals surface area contributed by atoms with Crippen molar-refractivity contribution >= 4 is 24.2 Å². The number of benzene rings is 1. The minimum atomic E-state index is -0.367. The number of rotatable bonds is 7. The Labute approximate surface area is 148 Å². The predicted octanol–water partition coefficient (Wildman–Crippen LogP) is 1.97. The van der Waals surface area contributed by atoms with Crippen molar-refractivity contribution < 1.29 is 14.0 Å². The van der Waals surface area contributed by atoms with Gasteiger partial charge in [-0.15, -0.1) is 12.4 Å². The van der Waals surface area contributed by atoms with Crippen LogP contribution >= 0.6 is 12.4 Å². The third-order valence-corrected chi connectivity index (χ3v) is 4.10. The molecule has 1 atom stereocenters. The third-order valence-electron chi connectivity index (χ3n) is 4.10. The maximum atomic E-state index is 12.8. The number of halogens is 2. The number of carbonyl (C=O) groups excluding carboxylic acids is 2. The van der Waals surface area contributed by atoms with Gasteiger partial charge in [-0.05, 0) is 50.6 Å². The van der Waals surface area contributed by atoms with Crippen LogP contribution in [0.1, 0.15) is 36.0 Å². The van der Waals surface area contributed by atoms with Gasteiger partial charge in [0.2, 0.25) is 5.91 Å². The second-order valence-corrected chi connectivity index (χ2v) is 5.81. The molecule has 1 aliphatic heterocycles. The molecule has 1 heterocycles. The summed E-state index contributed by atoms with van der Waals surface area (Å²) in [4.78, 5) is 26.0. The summed E-state index contributed by atoms with van der Waals surface area (Å²) in [6.07, 6.45) is 3.14. The van der Waals surface area contributed by atoms with Crippen LogP contribution in [-0.4, -0.2) is 49.4 Å². The fraction of sp³-hybridized carbons (Fsp3) is 0.529. The number of likely N-dealkylation sites (N-methyl/N-ethyl adjacent to an activating group) is 1. The molecule has 2 rings (SSSR count). The molecular formula is C17H25ClFN3O2. The summed E-state index contributed by atoms with van der Waals surface area (Å²) in [6.45, 7) is 2.09. The Balaban J connectivity index is 0.00000288. The number of likely N-dealkylation sites (tertiary alicyclic amines) is 1. The Kier molecular flexibility index (Phi) is 8.71. The molecule has 1 saturated heterocycles. The maximum Gasteiger partial charge on any atom is 0.251 e. The van der Waals surface area contributed by atoms with Crippen LogP contribution in [0, 0.1) is 5.82 Å². The zero-order valence-electron chi connectivity index (χ0n) is 13.9. The highest BCUT2D eigenvalue weighted by Gasteiger charge is 2.27. The quantitative estimate of drug-likeness (QED) is 0.733. The average Bonchev–Trinajstić information content (AvgIpc) is 3.00. The molecule has 1 unspecified atom stereocenters. The Bertz CT molecular complexity index is 539. The number of hydrogen-bond donors (Lipinski definition) is 2. The van der Waals surface area contributed by atoms with E-state index in [9.17, 15) is 14.0 Å². The summed E-state index contributed by atoms with van der Waals surface area (Å²) >= 11 is 0. The summed E-state index contributed by atoms with van der Waals surface area (Å²) in [5.41, 5.74) is 0.423. The standard InChI is InChI=1S/C17H24FN3O2.ClH/c1-19-12-15-4-3-11-21(15)16(22)5-2-10-20-17(23)13-6-8-14(18)9-7-13;/h6-9,15,19H,2-5,10-12H2,1H3,(H,20,23);1H. The topological polar surface area (TPSA) is 61.4 Å². The molecule has 0 bridgehead atoms. The van der Waals surface area contributed by atoms with Gasteiger partial charge >= 0.3 is 0 Å². The van der Waals surface area contributed by atoms with Crippen molar-refractivity contribution in [1.82, 2.24) is 15.5 Å². The molecular weight excluding hydrogens is 333 g/mol. The Morgan fingerprint density at radius 3 is 2.67 bits per heavy atom. The van der Waals surface area contributed by atoms with E-state index in [-0.39, 0.29) is 30.0 Å². The van der Waals surface area contributed by atoms with Gasteiger partial charge in [-0.1, -0.05) is 0 Å². The van der Waals surface area contributed by atoms with Crippen LogP contribution < -0.4 is 10.6 Å². The number of hydrogen-bond acceptors (Lipinski definition) is 3. The van der Waals surface area contributed by atoms with Crippen molar-refractivity contribution in [2.75, 3.05) is 26.7 Å². The molecule has 1 fully saturated rings. The van der Waals surface area contributed by atoms with Gasteiger partial charge in [-0.25, -0.2) is 4.39 Å². The molecule has 2 N–H and O–H groups in total. The zero-order valence-corrected chi connectivity index (χ0v) is 14.7. The van der Waals surface area contributed by atoms with Crippen molar-refractivity contribution in [1.29, 1.82) is 0 Å². The lowest BCUT2D eigenvalue weighted by Gasteiger charge is -2.24. The molecule has 2 amide bonds. The van der Waals surface area contributed by atoms with Crippen molar-refractivity contribution in [3.05, 3.63) is 35.6 Å². The van der Waals surface area contributed by atoms with Crippen molar-refractivity contribution in [3.63, 3.8) is 0 Å². The van der Waals surface area contributed by atoms with E-state index < -0.39 is 0 Å². The van der Waals surface area contributed by atoms with Gasteiger partial charge in [0.15, 0.2) is 0 Å². The van der Waals surface area contributed by atoms with Crippen LogP contribution in [0.5, 0.6) is 0 Å². The molecule has 1 aliphatic rings. The summed E-state index contributed by atoms with van der Waals surface area (Å²) in [5, 5.41) is 5.88. The zero-order chi connectivity index (χ0) is 16.7. The summed E-state index contributed by atoms with van der Waals surface area (Å²) < 4.78 is 12.8. The number of amides is 2. The molecule has 1 aromatic rings. The largest absolute Gasteiger partial charge is 0.352 e. The molecule has 0 aromatic heterocycles. The van der Waals surface area contributed by atoms with E-state index in [4.69, 9.17) is 0 Å². The molecule has 24 heavy (non-hydrogen) atoms. The number of nitrogens with zero attached hydrogens (tertiary/aromatic N) is 1. The molecule has 7 heteroatoms. The van der Waals surface area contributed by atoms with E-state index in [2.05, 4.69) is 10.6 Å². The van der Waals surface area contributed by atoms with Gasteiger partial charge in [0, 0.05) is 37.7 Å². The fourth-order valence-electron chi connectivity index (χ4n) is 2.90. The highest BCUT2D eigenvalue weighted by atomic mass is 35.5. The second-order valence-electron chi connectivity index (χ2n) is 5.81. The summed E-state index contributed by atoms with van der Waals surface area (Å²) in [5.74, 6) is -0.459. The molecule has 0 saturated carbocycles. The Morgan fingerprint density at radius 2 is 2.00 bits per heavy atom. The van der Waals surface area contributed by atoms with E-state index in [1.54, 1.807) is 0 Å².